The molecule has 3 aromatic rings. The Bertz CT molecular complexity index is 1140. The summed E-state index contributed by atoms with van der Waals surface area (Å²) in [6, 6.07) is 11.3. The van der Waals surface area contributed by atoms with Crippen LogP contribution in [0.1, 0.15) is 16.1 Å². The first-order chi connectivity index (χ1) is 14.9. The third-order valence-electron chi connectivity index (χ3n) is 5.16. The molecule has 2 aromatic carbocycles. The maximum absolute atomic E-state index is 13.6. The molecule has 0 saturated heterocycles. The van der Waals surface area contributed by atoms with Crippen molar-refractivity contribution in [2.45, 2.75) is 19.4 Å². The van der Waals surface area contributed by atoms with Crippen molar-refractivity contribution >= 4 is 23.2 Å². The van der Waals surface area contributed by atoms with Crippen LogP contribution < -0.4 is 15.8 Å². The van der Waals surface area contributed by atoms with Crippen LogP contribution in [0.4, 0.5) is 10.1 Å². The molecule has 1 aliphatic heterocycles. The Balaban J connectivity index is 1.61. The topological polar surface area (TPSA) is 106 Å². The van der Waals surface area contributed by atoms with Crippen molar-refractivity contribution < 1.29 is 19.0 Å². The number of aromatic nitrogens is 2. The highest BCUT2D eigenvalue weighted by Gasteiger charge is 2.30. The van der Waals surface area contributed by atoms with Gasteiger partial charge in [0.15, 0.2) is 6.35 Å². The third-order valence-corrected chi connectivity index (χ3v) is 5.45. The second-order valence-electron chi connectivity index (χ2n) is 7.11. The molecule has 1 atom stereocenters. The summed E-state index contributed by atoms with van der Waals surface area (Å²) in [6.07, 6.45) is -1.01. The number of benzene rings is 2. The molecule has 0 spiro atoms. The normalized spacial score (nSPS) is 14.7. The predicted molar refractivity (Wildman–Crippen MR) is 114 cm³/mol. The van der Waals surface area contributed by atoms with E-state index in [1.165, 1.54) is 18.2 Å². The molecule has 8 nitrogen and oxygen atoms in total. The molecule has 0 radical (unpaired) electrons. The number of primary amides is 1. The van der Waals surface area contributed by atoms with E-state index in [1.54, 1.807) is 28.8 Å². The molecule has 0 saturated carbocycles. The Hall–Kier alpha value is -3.14. The first-order valence-electron chi connectivity index (χ1n) is 9.55. The standard InChI is InChI=1S/C21H21ClFN5O3/c1-31-14-4-2-3-13(10-14)25-21(30)27-7-8-28-17(11-27)18(20(24)29)19(26-28)12-5-6-16(23)15(22)9-12/h2-6,9-10,21,25,30H,7-8,11H2,1H3,(H2,24,29). The summed E-state index contributed by atoms with van der Waals surface area (Å²) in [6.45, 7) is 1.15. The molecule has 4 rings (SSSR count). The Kier molecular flexibility index (Phi) is 5.81. The summed E-state index contributed by atoms with van der Waals surface area (Å²) in [5.74, 6) is -0.561. The number of halogens is 2. The molecule has 1 unspecified atom stereocenters. The number of amides is 1. The maximum atomic E-state index is 13.6. The molecule has 2 heterocycles. The van der Waals surface area contributed by atoms with Crippen LogP contribution in [-0.2, 0) is 13.1 Å². The lowest BCUT2D eigenvalue weighted by molar-refractivity contribution is 0.00610. The van der Waals surface area contributed by atoms with Crippen molar-refractivity contribution in [3.05, 3.63) is 64.6 Å². The van der Waals surface area contributed by atoms with Crippen LogP contribution in [0.25, 0.3) is 11.3 Å². The number of anilines is 1. The smallest absolute Gasteiger partial charge is 0.252 e. The first kappa shape index (κ1) is 21.1. The molecule has 0 bridgehead atoms. The summed E-state index contributed by atoms with van der Waals surface area (Å²) in [5.41, 5.74) is 7.96. The number of aliphatic hydroxyl groups excluding tert-OH is 1. The third kappa shape index (κ3) is 4.20. The second kappa shape index (κ2) is 8.54. The number of nitrogens with two attached hydrogens (primary N) is 1. The van der Waals surface area contributed by atoms with Gasteiger partial charge in [-0.1, -0.05) is 17.7 Å². The van der Waals surface area contributed by atoms with Gasteiger partial charge in [0, 0.05) is 30.4 Å². The number of hydrogen-bond donors (Lipinski definition) is 3. The van der Waals surface area contributed by atoms with Crippen molar-refractivity contribution in [2.75, 3.05) is 19.0 Å². The molecule has 1 aromatic heterocycles. The predicted octanol–water partition coefficient (Wildman–Crippen LogP) is 2.65. The lowest BCUT2D eigenvalue weighted by Gasteiger charge is -2.32. The van der Waals surface area contributed by atoms with Gasteiger partial charge in [0.25, 0.3) is 5.91 Å². The fourth-order valence-electron chi connectivity index (χ4n) is 3.60. The summed E-state index contributed by atoms with van der Waals surface area (Å²) < 4.78 is 20.5. The van der Waals surface area contributed by atoms with Gasteiger partial charge in [0.1, 0.15) is 17.3 Å². The second-order valence-corrected chi connectivity index (χ2v) is 7.51. The number of hydrogen-bond acceptors (Lipinski definition) is 6. The van der Waals surface area contributed by atoms with E-state index in [1.807, 2.05) is 12.1 Å². The summed E-state index contributed by atoms with van der Waals surface area (Å²) in [5, 5.41) is 18.2. The number of ether oxygens (including phenoxy) is 1. The van der Waals surface area contributed by atoms with Crippen LogP contribution in [0.2, 0.25) is 5.02 Å². The Morgan fingerprint density at radius 2 is 2.13 bits per heavy atom. The summed E-state index contributed by atoms with van der Waals surface area (Å²) >= 11 is 5.90. The molecular formula is C21H21ClFN5O3. The maximum Gasteiger partial charge on any atom is 0.252 e. The highest BCUT2D eigenvalue weighted by molar-refractivity contribution is 6.31. The molecule has 10 heteroatoms. The molecule has 0 fully saturated rings. The van der Waals surface area contributed by atoms with Gasteiger partial charge in [-0.15, -0.1) is 0 Å². The van der Waals surface area contributed by atoms with Gasteiger partial charge in [-0.3, -0.25) is 14.4 Å². The van der Waals surface area contributed by atoms with Crippen LogP contribution in [-0.4, -0.2) is 45.7 Å². The highest BCUT2D eigenvalue weighted by Crippen LogP contribution is 2.31. The van der Waals surface area contributed by atoms with Crippen LogP contribution in [0, 0.1) is 5.82 Å². The first-order valence-corrected chi connectivity index (χ1v) is 9.93. The van der Waals surface area contributed by atoms with Crippen molar-refractivity contribution in [2.24, 2.45) is 5.73 Å². The van der Waals surface area contributed by atoms with Gasteiger partial charge >= 0.3 is 0 Å². The molecule has 0 aliphatic carbocycles. The van der Waals surface area contributed by atoms with E-state index in [2.05, 4.69) is 10.4 Å². The zero-order valence-electron chi connectivity index (χ0n) is 16.7. The van der Waals surface area contributed by atoms with Gasteiger partial charge in [-0.05, 0) is 30.3 Å². The van der Waals surface area contributed by atoms with Crippen molar-refractivity contribution in [3.63, 3.8) is 0 Å². The van der Waals surface area contributed by atoms with Gasteiger partial charge in [0.05, 0.1) is 29.9 Å². The zero-order chi connectivity index (χ0) is 22.1. The van der Waals surface area contributed by atoms with E-state index in [0.717, 1.165) is 0 Å². The van der Waals surface area contributed by atoms with Gasteiger partial charge < -0.3 is 20.9 Å². The number of carbonyl (C=O) groups is 1. The minimum absolute atomic E-state index is 0.0709. The van der Waals surface area contributed by atoms with Crippen molar-refractivity contribution in [3.8, 4) is 17.0 Å². The summed E-state index contributed by atoms with van der Waals surface area (Å²) in [7, 11) is 1.57. The number of aliphatic hydroxyl groups is 1. The van der Waals surface area contributed by atoms with Gasteiger partial charge in [0.2, 0.25) is 0 Å². The molecule has 1 aliphatic rings. The van der Waals surface area contributed by atoms with Crippen LogP contribution in [0.3, 0.4) is 0 Å². The van der Waals surface area contributed by atoms with Crippen molar-refractivity contribution in [1.29, 1.82) is 0 Å². The van der Waals surface area contributed by atoms with E-state index in [-0.39, 0.29) is 17.1 Å². The van der Waals surface area contributed by atoms with E-state index < -0.39 is 18.1 Å². The number of methoxy groups -OCH3 is 1. The molecule has 1 amide bonds. The number of fused-ring (bicyclic) bond motifs is 1. The van der Waals surface area contributed by atoms with E-state index >= 15 is 0 Å². The van der Waals surface area contributed by atoms with Crippen LogP contribution in [0.5, 0.6) is 5.75 Å². The van der Waals surface area contributed by atoms with E-state index in [4.69, 9.17) is 22.1 Å². The van der Waals surface area contributed by atoms with Crippen LogP contribution in [0.15, 0.2) is 42.5 Å². The Morgan fingerprint density at radius 1 is 1.32 bits per heavy atom. The molecule has 31 heavy (non-hydrogen) atoms. The molecular weight excluding hydrogens is 425 g/mol. The zero-order valence-corrected chi connectivity index (χ0v) is 17.4. The lowest BCUT2D eigenvalue weighted by atomic mass is 10.0. The Morgan fingerprint density at radius 3 is 2.84 bits per heavy atom. The average Bonchev–Trinajstić information content (AvgIpc) is 3.14. The largest absolute Gasteiger partial charge is 0.497 e. The number of nitrogens with zero attached hydrogens (tertiary/aromatic N) is 3. The van der Waals surface area contributed by atoms with E-state index in [9.17, 15) is 14.3 Å². The molecule has 162 valence electrons. The number of rotatable bonds is 6. The lowest BCUT2D eigenvalue weighted by Crippen LogP contribution is -2.45. The average molecular weight is 446 g/mol. The Labute approximate surface area is 183 Å². The van der Waals surface area contributed by atoms with Gasteiger partial charge in [-0.25, -0.2) is 4.39 Å². The monoisotopic (exact) mass is 445 g/mol. The minimum atomic E-state index is -1.01. The van der Waals surface area contributed by atoms with Crippen molar-refractivity contribution in [1.82, 2.24) is 14.7 Å². The fraction of sp³-hybridized carbons (Fsp3) is 0.238. The summed E-state index contributed by atoms with van der Waals surface area (Å²) in [4.78, 5) is 14.0. The van der Waals surface area contributed by atoms with Crippen LogP contribution >= 0.6 is 11.6 Å². The minimum Gasteiger partial charge on any atom is -0.497 e. The van der Waals surface area contributed by atoms with E-state index in [0.29, 0.717) is 41.5 Å². The highest BCUT2D eigenvalue weighted by atomic mass is 35.5. The number of nitrogens with one attached hydrogen (secondary N) is 1. The molecule has 4 N–H and O–H groups in total. The number of carbonyl (C=O) groups excluding carboxylic acids is 1. The fourth-order valence-corrected chi connectivity index (χ4v) is 3.78. The van der Waals surface area contributed by atoms with Gasteiger partial charge in [-0.2, -0.15) is 5.10 Å². The SMILES string of the molecule is COc1cccc(NC(O)N2CCn3nc(-c4ccc(F)c(Cl)c4)c(C(N)=O)c3C2)c1. The quantitative estimate of drug-likeness (QED) is 0.504.